The molecule has 1 aliphatic rings. The van der Waals surface area contributed by atoms with E-state index in [9.17, 15) is 4.79 Å². The van der Waals surface area contributed by atoms with E-state index in [-0.39, 0.29) is 12.5 Å². The maximum absolute atomic E-state index is 11.9. The maximum Gasteiger partial charge on any atom is 0.243 e. The van der Waals surface area contributed by atoms with Gasteiger partial charge in [-0.3, -0.25) is 9.69 Å². The number of aliphatic imine (C=N–C) groups is 1. The topological polar surface area (TPSA) is 78.4 Å². The zero-order valence-corrected chi connectivity index (χ0v) is 19.3. The van der Waals surface area contributed by atoms with Gasteiger partial charge in [-0.2, -0.15) is 0 Å². The molecule has 174 valence electrons. The first kappa shape index (κ1) is 25.1. The van der Waals surface area contributed by atoms with E-state index in [0.29, 0.717) is 25.1 Å². The highest BCUT2D eigenvalue weighted by Gasteiger charge is 2.10. The van der Waals surface area contributed by atoms with Gasteiger partial charge >= 0.3 is 0 Å². The van der Waals surface area contributed by atoms with Crippen LogP contribution in [-0.4, -0.2) is 94.9 Å². The Hall–Kier alpha value is -2.16. The Kier molecular flexibility index (Phi) is 12.0. The van der Waals surface area contributed by atoms with Crippen LogP contribution in [0.25, 0.3) is 0 Å². The Balaban J connectivity index is 1.71. The van der Waals surface area contributed by atoms with Gasteiger partial charge in [0.15, 0.2) is 5.96 Å². The smallest absolute Gasteiger partial charge is 0.243 e. The molecule has 2 N–H and O–H groups in total. The predicted octanol–water partition coefficient (Wildman–Crippen LogP) is 1.19. The molecule has 1 saturated heterocycles. The van der Waals surface area contributed by atoms with Gasteiger partial charge in [-0.25, -0.2) is 4.99 Å². The molecule has 31 heavy (non-hydrogen) atoms. The quantitative estimate of drug-likeness (QED) is 0.293. The van der Waals surface area contributed by atoms with Crippen LogP contribution in [0.15, 0.2) is 35.3 Å². The Bertz CT molecular complexity index is 648. The van der Waals surface area contributed by atoms with Crippen LogP contribution in [0.5, 0.6) is 0 Å². The molecule has 1 aromatic rings. The van der Waals surface area contributed by atoms with E-state index in [1.54, 1.807) is 19.0 Å². The molecule has 1 heterocycles. The average Bonchev–Trinajstić information content (AvgIpc) is 2.79. The third-order valence-electron chi connectivity index (χ3n) is 5.05. The van der Waals surface area contributed by atoms with Gasteiger partial charge in [0.1, 0.15) is 6.54 Å². The van der Waals surface area contributed by atoms with Crippen LogP contribution in [0.1, 0.15) is 18.9 Å². The molecule has 1 atom stereocenters. The molecule has 0 saturated carbocycles. The van der Waals surface area contributed by atoms with Gasteiger partial charge in [-0.15, -0.1) is 0 Å². The second kappa shape index (κ2) is 14.8. The molecule has 0 spiro atoms. The van der Waals surface area contributed by atoms with Crippen LogP contribution in [0, 0.1) is 5.92 Å². The summed E-state index contributed by atoms with van der Waals surface area (Å²) in [5.41, 5.74) is 1.18. The molecule has 0 aliphatic carbocycles. The molecular formula is C23H39N5O3. The second-order valence-electron chi connectivity index (χ2n) is 8.17. The monoisotopic (exact) mass is 433 g/mol. The lowest BCUT2D eigenvalue weighted by Crippen LogP contribution is -2.42. The number of amides is 1. The molecule has 0 radical (unpaired) electrons. The Morgan fingerprint density at radius 1 is 1.23 bits per heavy atom. The number of likely N-dealkylation sites (N-methyl/N-ethyl adjacent to an activating group) is 1. The van der Waals surface area contributed by atoms with Crippen LogP contribution in [0.2, 0.25) is 0 Å². The molecule has 8 nitrogen and oxygen atoms in total. The van der Waals surface area contributed by atoms with Crippen LogP contribution >= 0.6 is 0 Å². The van der Waals surface area contributed by atoms with Crippen molar-refractivity contribution >= 4 is 11.9 Å². The Morgan fingerprint density at radius 2 is 1.97 bits per heavy atom. The summed E-state index contributed by atoms with van der Waals surface area (Å²) >= 11 is 0. The molecule has 1 unspecified atom stereocenters. The fraction of sp³-hybridized carbons (Fsp3) is 0.652. The number of guanidine groups is 1. The second-order valence-corrected chi connectivity index (χ2v) is 8.17. The van der Waals surface area contributed by atoms with Crippen LogP contribution in [0.4, 0.5) is 0 Å². The predicted molar refractivity (Wildman–Crippen MR) is 124 cm³/mol. The molecule has 2 rings (SSSR count). The number of carbonyl (C=O) groups is 1. The van der Waals surface area contributed by atoms with Crippen LogP contribution in [-0.2, 0) is 20.9 Å². The number of ether oxygens (including phenoxy) is 2. The third kappa shape index (κ3) is 11.1. The van der Waals surface area contributed by atoms with Gasteiger partial charge in [0.05, 0.1) is 26.4 Å². The van der Waals surface area contributed by atoms with Gasteiger partial charge in [0.2, 0.25) is 5.91 Å². The van der Waals surface area contributed by atoms with Gasteiger partial charge in [-0.05, 0) is 24.4 Å². The van der Waals surface area contributed by atoms with E-state index in [1.807, 2.05) is 18.2 Å². The van der Waals surface area contributed by atoms with E-state index in [2.05, 4.69) is 39.6 Å². The Labute approximate surface area is 187 Å². The molecule has 1 aromatic carbocycles. The lowest BCUT2D eigenvalue weighted by Gasteiger charge is -2.26. The fourth-order valence-electron chi connectivity index (χ4n) is 3.08. The normalized spacial score (nSPS) is 16.0. The number of nitrogens with one attached hydrogen (secondary N) is 2. The lowest BCUT2D eigenvalue weighted by molar-refractivity contribution is -0.127. The molecule has 0 bridgehead atoms. The summed E-state index contributed by atoms with van der Waals surface area (Å²) in [4.78, 5) is 20.3. The number of benzene rings is 1. The summed E-state index contributed by atoms with van der Waals surface area (Å²) < 4.78 is 11.2. The van der Waals surface area contributed by atoms with Crippen molar-refractivity contribution in [3.63, 3.8) is 0 Å². The SMILES string of the molecule is CC(CNC(=NCC(=O)N(C)C)NCCCN1CCOCC1)COCc1ccccc1. The number of nitrogens with zero attached hydrogens (tertiary/aromatic N) is 3. The highest BCUT2D eigenvalue weighted by molar-refractivity contribution is 5.84. The summed E-state index contributed by atoms with van der Waals surface area (Å²) in [6, 6.07) is 10.2. The van der Waals surface area contributed by atoms with Crippen molar-refractivity contribution < 1.29 is 14.3 Å². The van der Waals surface area contributed by atoms with Crippen molar-refractivity contribution in [2.45, 2.75) is 20.0 Å². The van der Waals surface area contributed by atoms with Gasteiger partial charge in [-0.1, -0.05) is 37.3 Å². The maximum atomic E-state index is 11.9. The van der Waals surface area contributed by atoms with Gasteiger partial charge in [0.25, 0.3) is 0 Å². The first-order valence-electron chi connectivity index (χ1n) is 11.2. The molecule has 1 fully saturated rings. The minimum Gasteiger partial charge on any atom is -0.379 e. The van der Waals surface area contributed by atoms with E-state index < -0.39 is 0 Å². The lowest BCUT2D eigenvalue weighted by atomic mass is 10.2. The first-order valence-corrected chi connectivity index (χ1v) is 11.2. The number of hydrogen-bond donors (Lipinski definition) is 2. The Morgan fingerprint density at radius 3 is 2.68 bits per heavy atom. The number of carbonyl (C=O) groups excluding carboxylic acids is 1. The van der Waals surface area contributed by atoms with E-state index in [0.717, 1.165) is 52.4 Å². The summed E-state index contributed by atoms with van der Waals surface area (Å²) in [6.07, 6.45) is 1.01. The molecular weight excluding hydrogens is 394 g/mol. The van der Waals surface area contributed by atoms with Crippen molar-refractivity contribution in [2.24, 2.45) is 10.9 Å². The summed E-state index contributed by atoms with van der Waals surface area (Å²) in [5, 5.41) is 6.72. The summed E-state index contributed by atoms with van der Waals surface area (Å²) in [6.45, 7) is 9.73. The minimum atomic E-state index is -0.0198. The van der Waals surface area contributed by atoms with Crippen LogP contribution < -0.4 is 10.6 Å². The zero-order valence-electron chi connectivity index (χ0n) is 19.3. The van der Waals surface area contributed by atoms with E-state index in [1.165, 1.54) is 5.56 Å². The van der Waals surface area contributed by atoms with Crippen molar-refractivity contribution in [1.29, 1.82) is 0 Å². The van der Waals surface area contributed by atoms with Gasteiger partial charge < -0.3 is 25.0 Å². The molecule has 0 aromatic heterocycles. The number of morpholine rings is 1. The fourth-order valence-corrected chi connectivity index (χ4v) is 3.08. The highest BCUT2D eigenvalue weighted by atomic mass is 16.5. The summed E-state index contributed by atoms with van der Waals surface area (Å²) in [7, 11) is 3.49. The van der Waals surface area contributed by atoms with E-state index in [4.69, 9.17) is 9.47 Å². The summed E-state index contributed by atoms with van der Waals surface area (Å²) in [5.74, 6) is 0.967. The number of rotatable bonds is 12. The van der Waals surface area contributed by atoms with Crippen molar-refractivity contribution in [3.8, 4) is 0 Å². The van der Waals surface area contributed by atoms with Crippen molar-refractivity contribution in [3.05, 3.63) is 35.9 Å². The highest BCUT2D eigenvalue weighted by Crippen LogP contribution is 2.03. The first-order chi connectivity index (χ1) is 15.0. The molecule has 8 heteroatoms. The van der Waals surface area contributed by atoms with Gasteiger partial charge in [0, 0.05) is 40.3 Å². The molecule has 1 aliphatic heterocycles. The van der Waals surface area contributed by atoms with E-state index >= 15 is 0 Å². The number of hydrogen-bond acceptors (Lipinski definition) is 5. The largest absolute Gasteiger partial charge is 0.379 e. The minimum absolute atomic E-state index is 0.0198. The zero-order chi connectivity index (χ0) is 22.3. The van der Waals surface area contributed by atoms with Crippen molar-refractivity contribution in [1.82, 2.24) is 20.4 Å². The van der Waals surface area contributed by atoms with Crippen LogP contribution in [0.3, 0.4) is 0 Å². The van der Waals surface area contributed by atoms with Crippen molar-refractivity contribution in [2.75, 3.05) is 73.2 Å². The third-order valence-corrected chi connectivity index (χ3v) is 5.05. The standard InChI is InChI=1S/C23H39N5O3/c1-20(18-31-19-21-8-5-4-6-9-21)16-25-23(26-17-22(29)27(2)3)24-10-7-11-28-12-14-30-15-13-28/h4-6,8-9,20H,7,10-19H2,1-3H3,(H2,24,25,26). The molecule has 1 amide bonds. The average molecular weight is 434 g/mol.